The highest BCUT2D eigenvalue weighted by Gasteiger charge is 2.07. The normalized spacial score (nSPS) is 11.8. The van der Waals surface area contributed by atoms with Crippen molar-refractivity contribution >= 4 is 10.8 Å². The van der Waals surface area contributed by atoms with Gasteiger partial charge in [-0.05, 0) is 35.2 Å². The predicted octanol–water partition coefficient (Wildman–Crippen LogP) is 4.84. The molecule has 2 N–H and O–H groups in total. The van der Waals surface area contributed by atoms with Crippen molar-refractivity contribution < 1.29 is 10.2 Å². The molecule has 0 amide bonds. The maximum atomic E-state index is 10.2. The number of hydrogen-bond acceptors (Lipinski definition) is 2. The van der Waals surface area contributed by atoms with Crippen LogP contribution in [0.2, 0.25) is 0 Å². The van der Waals surface area contributed by atoms with E-state index < -0.39 is 0 Å². The SMILES string of the molecule is CC.OCCCCCCC(O)c1ccc2ccccc2c1. The summed E-state index contributed by atoms with van der Waals surface area (Å²) in [5, 5.41) is 21.3. The van der Waals surface area contributed by atoms with Gasteiger partial charge in [-0.25, -0.2) is 0 Å². The molecular formula is C19H28O2. The molecule has 0 aromatic heterocycles. The van der Waals surface area contributed by atoms with E-state index in [1.807, 2.05) is 32.0 Å². The molecule has 2 rings (SSSR count). The molecule has 0 heterocycles. The molecule has 21 heavy (non-hydrogen) atoms. The lowest BCUT2D eigenvalue weighted by Gasteiger charge is -2.11. The highest BCUT2D eigenvalue weighted by molar-refractivity contribution is 5.83. The van der Waals surface area contributed by atoms with Crippen LogP contribution < -0.4 is 0 Å². The fourth-order valence-electron chi connectivity index (χ4n) is 2.38. The summed E-state index contributed by atoms with van der Waals surface area (Å²) in [4.78, 5) is 0. The van der Waals surface area contributed by atoms with Gasteiger partial charge >= 0.3 is 0 Å². The summed E-state index contributed by atoms with van der Waals surface area (Å²) in [6, 6.07) is 14.4. The number of rotatable bonds is 7. The highest BCUT2D eigenvalue weighted by Crippen LogP contribution is 2.24. The average Bonchev–Trinajstić information content (AvgIpc) is 2.56. The third kappa shape index (κ3) is 5.86. The fourth-order valence-corrected chi connectivity index (χ4v) is 2.38. The summed E-state index contributed by atoms with van der Waals surface area (Å²) in [5.74, 6) is 0. The van der Waals surface area contributed by atoms with Crippen molar-refractivity contribution in [2.24, 2.45) is 0 Å². The summed E-state index contributed by atoms with van der Waals surface area (Å²) in [6.45, 7) is 4.27. The van der Waals surface area contributed by atoms with Crippen molar-refractivity contribution in [2.45, 2.75) is 52.1 Å². The van der Waals surface area contributed by atoms with Crippen LogP contribution in [0.4, 0.5) is 0 Å². The van der Waals surface area contributed by atoms with Crippen molar-refractivity contribution in [2.75, 3.05) is 6.61 Å². The van der Waals surface area contributed by atoms with Crippen molar-refractivity contribution in [1.82, 2.24) is 0 Å². The Morgan fingerprint density at radius 3 is 2.24 bits per heavy atom. The second-order valence-electron chi connectivity index (χ2n) is 5.05. The smallest absolute Gasteiger partial charge is 0.0790 e. The Hall–Kier alpha value is -1.38. The maximum absolute atomic E-state index is 10.2. The van der Waals surface area contributed by atoms with Gasteiger partial charge in [-0.2, -0.15) is 0 Å². The van der Waals surface area contributed by atoms with Gasteiger partial charge in [0.05, 0.1) is 6.10 Å². The van der Waals surface area contributed by atoms with E-state index in [1.54, 1.807) is 0 Å². The van der Waals surface area contributed by atoms with Crippen LogP contribution >= 0.6 is 0 Å². The third-order valence-corrected chi connectivity index (χ3v) is 3.54. The van der Waals surface area contributed by atoms with Gasteiger partial charge in [0.1, 0.15) is 0 Å². The van der Waals surface area contributed by atoms with Gasteiger partial charge in [0.25, 0.3) is 0 Å². The number of fused-ring (bicyclic) bond motifs is 1. The third-order valence-electron chi connectivity index (χ3n) is 3.54. The Labute approximate surface area is 128 Å². The molecule has 0 aliphatic heterocycles. The molecule has 0 radical (unpaired) electrons. The van der Waals surface area contributed by atoms with Gasteiger partial charge in [-0.3, -0.25) is 0 Å². The Morgan fingerprint density at radius 1 is 0.857 bits per heavy atom. The Balaban J connectivity index is 0.00000106. The summed E-state index contributed by atoms with van der Waals surface area (Å²) in [7, 11) is 0. The molecule has 0 aliphatic carbocycles. The minimum Gasteiger partial charge on any atom is -0.396 e. The van der Waals surface area contributed by atoms with Crippen LogP contribution in [0.25, 0.3) is 10.8 Å². The zero-order valence-electron chi connectivity index (χ0n) is 13.3. The molecule has 0 saturated carbocycles. The summed E-state index contributed by atoms with van der Waals surface area (Å²) < 4.78 is 0. The topological polar surface area (TPSA) is 40.5 Å². The zero-order chi connectivity index (χ0) is 15.5. The molecular weight excluding hydrogens is 260 g/mol. The van der Waals surface area contributed by atoms with Crippen LogP contribution in [-0.2, 0) is 0 Å². The second kappa shape index (κ2) is 10.4. The van der Waals surface area contributed by atoms with Crippen molar-refractivity contribution in [3.63, 3.8) is 0 Å². The van der Waals surface area contributed by atoms with Gasteiger partial charge < -0.3 is 10.2 Å². The van der Waals surface area contributed by atoms with Crippen LogP contribution in [0, 0.1) is 0 Å². The molecule has 2 aromatic rings. The molecule has 0 aliphatic rings. The molecule has 2 heteroatoms. The quantitative estimate of drug-likeness (QED) is 0.715. The van der Waals surface area contributed by atoms with E-state index in [0.29, 0.717) is 0 Å². The lowest BCUT2D eigenvalue weighted by atomic mass is 9.99. The molecule has 0 saturated heterocycles. The van der Waals surface area contributed by atoms with E-state index in [0.717, 1.165) is 37.7 Å². The molecule has 2 nitrogen and oxygen atoms in total. The summed E-state index contributed by atoms with van der Waals surface area (Å²) in [5.41, 5.74) is 1.00. The van der Waals surface area contributed by atoms with Crippen molar-refractivity contribution in [3.05, 3.63) is 48.0 Å². The minimum atomic E-state index is -0.376. The molecule has 2 aromatic carbocycles. The van der Waals surface area contributed by atoms with Crippen LogP contribution in [0.1, 0.15) is 57.6 Å². The molecule has 116 valence electrons. The van der Waals surface area contributed by atoms with Gasteiger partial charge in [0.2, 0.25) is 0 Å². The number of benzene rings is 2. The van der Waals surface area contributed by atoms with E-state index in [2.05, 4.69) is 24.3 Å². The van der Waals surface area contributed by atoms with Crippen LogP contribution in [0.15, 0.2) is 42.5 Å². The number of unbranched alkanes of at least 4 members (excludes halogenated alkanes) is 3. The van der Waals surface area contributed by atoms with Crippen molar-refractivity contribution in [3.8, 4) is 0 Å². The van der Waals surface area contributed by atoms with E-state index in [-0.39, 0.29) is 12.7 Å². The van der Waals surface area contributed by atoms with E-state index in [9.17, 15) is 5.11 Å². The largest absolute Gasteiger partial charge is 0.396 e. The number of hydrogen-bond donors (Lipinski definition) is 2. The molecule has 0 bridgehead atoms. The van der Waals surface area contributed by atoms with Gasteiger partial charge in [-0.15, -0.1) is 0 Å². The number of aliphatic hydroxyl groups excluding tert-OH is 2. The lowest BCUT2D eigenvalue weighted by molar-refractivity contribution is 0.163. The molecule has 0 spiro atoms. The highest BCUT2D eigenvalue weighted by atomic mass is 16.3. The standard InChI is InChI=1S/C17H22O2.C2H6/c18-12-6-2-1-3-9-17(19)16-11-10-14-7-4-5-8-15(14)13-16;1-2/h4-5,7-8,10-11,13,17-19H,1-3,6,9,12H2;1-2H3. The first kappa shape index (κ1) is 17.7. The fraction of sp³-hybridized carbons (Fsp3) is 0.474. The zero-order valence-corrected chi connectivity index (χ0v) is 13.3. The first-order valence-electron chi connectivity index (χ1n) is 8.09. The summed E-state index contributed by atoms with van der Waals surface area (Å²) in [6.07, 6.45) is 4.41. The van der Waals surface area contributed by atoms with Crippen LogP contribution in [0.5, 0.6) is 0 Å². The molecule has 1 unspecified atom stereocenters. The predicted molar refractivity (Wildman–Crippen MR) is 90.4 cm³/mol. The van der Waals surface area contributed by atoms with Gasteiger partial charge in [0.15, 0.2) is 0 Å². The maximum Gasteiger partial charge on any atom is 0.0790 e. The monoisotopic (exact) mass is 288 g/mol. The average molecular weight is 288 g/mol. The van der Waals surface area contributed by atoms with E-state index >= 15 is 0 Å². The Morgan fingerprint density at radius 2 is 1.52 bits per heavy atom. The van der Waals surface area contributed by atoms with Crippen molar-refractivity contribution in [1.29, 1.82) is 0 Å². The number of aliphatic hydroxyl groups is 2. The van der Waals surface area contributed by atoms with Crippen LogP contribution in [-0.4, -0.2) is 16.8 Å². The lowest BCUT2D eigenvalue weighted by Crippen LogP contribution is -1.97. The van der Waals surface area contributed by atoms with E-state index in [1.165, 1.54) is 10.8 Å². The van der Waals surface area contributed by atoms with Gasteiger partial charge in [0, 0.05) is 6.61 Å². The van der Waals surface area contributed by atoms with Crippen LogP contribution in [0.3, 0.4) is 0 Å². The Bertz CT molecular complexity index is 508. The molecule has 0 fully saturated rings. The second-order valence-corrected chi connectivity index (χ2v) is 5.05. The van der Waals surface area contributed by atoms with E-state index in [4.69, 9.17) is 5.11 Å². The molecule has 1 atom stereocenters. The first-order chi connectivity index (χ1) is 10.3. The minimum absolute atomic E-state index is 0.271. The first-order valence-corrected chi connectivity index (χ1v) is 8.09. The Kier molecular flexibility index (Phi) is 8.72. The summed E-state index contributed by atoms with van der Waals surface area (Å²) >= 11 is 0. The van der Waals surface area contributed by atoms with Gasteiger partial charge in [-0.1, -0.05) is 69.5 Å².